The van der Waals surface area contributed by atoms with E-state index in [4.69, 9.17) is 9.47 Å². The Bertz CT molecular complexity index is 660. The minimum absolute atomic E-state index is 0.0983. The fraction of sp³-hybridized carbons (Fsp3) is 0.412. The van der Waals surface area contributed by atoms with Crippen LogP contribution < -0.4 is 4.74 Å². The average Bonchev–Trinajstić information content (AvgIpc) is 2.92. The fourth-order valence-corrected chi connectivity index (χ4v) is 2.45. The van der Waals surface area contributed by atoms with E-state index in [1.807, 2.05) is 13.0 Å². The van der Waals surface area contributed by atoms with Crippen LogP contribution in [-0.4, -0.2) is 31.3 Å². The van der Waals surface area contributed by atoms with Crippen LogP contribution in [0.3, 0.4) is 0 Å². The van der Waals surface area contributed by atoms with Crippen LogP contribution in [0.25, 0.3) is 0 Å². The zero-order valence-corrected chi connectivity index (χ0v) is 13.5. The van der Waals surface area contributed by atoms with E-state index in [1.165, 1.54) is 14.2 Å². The molecule has 1 aromatic rings. The highest BCUT2D eigenvalue weighted by atomic mass is 16.5. The van der Waals surface area contributed by atoms with Crippen LogP contribution in [0.2, 0.25) is 0 Å². The predicted molar refractivity (Wildman–Crippen MR) is 82.5 cm³/mol. The van der Waals surface area contributed by atoms with Crippen LogP contribution in [0.5, 0.6) is 11.5 Å². The molecule has 1 N–H and O–H groups in total. The maximum Gasteiger partial charge on any atom is 0.342 e. The van der Waals surface area contributed by atoms with Gasteiger partial charge in [-0.05, 0) is 25.8 Å². The summed E-state index contributed by atoms with van der Waals surface area (Å²) in [4.78, 5) is 22.8. The highest BCUT2D eigenvalue weighted by Gasteiger charge is 2.29. The summed E-state index contributed by atoms with van der Waals surface area (Å²) < 4.78 is 14.8. The number of carbonyl (C=O) groups is 2. The van der Waals surface area contributed by atoms with Gasteiger partial charge in [-0.3, -0.25) is 4.79 Å². The van der Waals surface area contributed by atoms with Gasteiger partial charge in [0.05, 0.1) is 14.2 Å². The molecule has 1 heterocycles. The van der Waals surface area contributed by atoms with E-state index in [9.17, 15) is 14.7 Å². The zero-order chi connectivity index (χ0) is 17.0. The number of hydrogen-bond acceptors (Lipinski definition) is 6. The zero-order valence-electron chi connectivity index (χ0n) is 13.5. The lowest BCUT2D eigenvalue weighted by Gasteiger charge is -2.12. The first-order chi connectivity index (χ1) is 11.0. The Morgan fingerprint density at radius 2 is 2.13 bits per heavy atom. The highest BCUT2D eigenvalue weighted by molar-refractivity contribution is 5.97. The van der Waals surface area contributed by atoms with Gasteiger partial charge in [-0.15, -0.1) is 0 Å². The third-order valence-electron chi connectivity index (χ3n) is 3.84. The molecule has 0 saturated carbocycles. The number of methoxy groups -OCH3 is 2. The van der Waals surface area contributed by atoms with Crippen molar-refractivity contribution in [3.63, 3.8) is 0 Å². The molecule has 0 fully saturated rings. The molecule has 0 saturated heterocycles. The highest BCUT2D eigenvalue weighted by Crippen LogP contribution is 2.38. The lowest BCUT2D eigenvalue weighted by Crippen LogP contribution is -2.01. The minimum atomic E-state index is -0.521. The van der Waals surface area contributed by atoms with E-state index in [1.54, 1.807) is 6.07 Å². The standard InChI is InChI=1S/C17H20O6/c1-10(5-7-14(18)22-3)4-6-12-13(21-2)8-11-9-23-17(20)15(11)16(12)19/h4,8,19H,5-7,9H2,1-3H3. The molecule has 6 nitrogen and oxygen atoms in total. The topological polar surface area (TPSA) is 82.1 Å². The van der Waals surface area contributed by atoms with Gasteiger partial charge in [-0.1, -0.05) is 11.6 Å². The summed E-state index contributed by atoms with van der Waals surface area (Å²) in [6, 6.07) is 1.72. The van der Waals surface area contributed by atoms with Gasteiger partial charge in [-0.25, -0.2) is 4.79 Å². The summed E-state index contributed by atoms with van der Waals surface area (Å²) in [5.41, 5.74) is 2.35. The number of aromatic hydroxyl groups is 1. The maximum atomic E-state index is 11.7. The van der Waals surface area contributed by atoms with E-state index in [0.717, 1.165) is 5.57 Å². The van der Waals surface area contributed by atoms with E-state index < -0.39 is 5.97 Å². The second-order valence-corrected chi connectivity index (χ2v) is 5.35. The van der Waals surface area contributed by atoms with Crippen LogP contribution in [0, 0.1) is 0 Å². The van der Waals surface area contributed by atoms with Crippen LogP contribution in [0.15, 0.2) is 17.7 Å². The molecule has 0 atom stereocenters. The van der Waals surface area contributed by atoms with Crippen LogP contribution in [-0.2, 0) is 27.3 Å². The molecule has 23 heavy (non-hydrogen) atoms. The first-order valence-corrected chi connectivity index (χ1v) is 7.29. The molecule has 0 spiro atoms. The maximum absolute atomic E-state index is 11.7. The number of esters is 2. The summed E-state index contributed by atoms with van der Waals surface area (Å²) in [7, 11) is 2.87. The Morgan fingerprint density at radius 1 is 1.39 bits per heavy atom. The van der Waals surface area contributed by atoms with Gasteiger partial charge in [0.1, 0.15) is 23.7 Å². The van der Waals surface area contributed by atoms with Gasteiger partial charge in [0.25, 0.3) is 0 Å². The molecule has 1 aliphatic heterocycles. The van der Waals surface area contributed by atoms with E-state index in [2.05, 4.69) is 4.74 Å². The number of ether oxygens (including phenoxy) is 3. The number of hydrogen-bond donors (Lipinski definition) is 1. The summed E-state index contributed by atoms with van der Waals surface area (Å²) in [5, 5.41) is 10.4. The Kier molecular flexibility index (Phi) is 5.26. The summed E-state index contributed by atoms with van der Waals surface area (Å²) >= 11 is 0. The lowest BCUT2D eigenvalue weighted by molar-refractivity contribution is -0.140. The molecular weight excluding hydrogens is 300 g/mol. The molecule has 1 aliphatic rings. The quantitative estimate of drug-likeness (QED) is 0.640. The molecule has 0 aliphatic carbocycles. The number of carbonyl (C=O) groups excluding carboxylic acids is 2. The number of benzene rings is 1. The van der Waals surface area contributed by atoms with Crippen LogP contribution in [0.1, 0.15) is 41.3 Å². The van der Waals surface area contributed by atoms with Crippen molar-refractivity contribution >= 4 is 11.9 Å². The number of phenolic OH excluding ortho intramolecular Hbond substituents is 1. The number of phenols is 1. The van der Waals surface area contributed by atoms with E-state index in [-0.39, 0.29) is 23.9 Å². The van der Waals surface area contributed by atoms with Crippen molar-refractivity contribution in [2.75, 3.05) is 14.2 Å². The summed E-state index contributed by atoms with van der Waals surface area (Å²) in [6.07, 6.45) is 3.16. The number of cyclic esters (lactones) is 1. The average molecular weight is 320 g/mol. The molecule has 124 valence electrons. The second kappa shape index (κ2) is 7.17. The molecule has 0 unspecified atom stereocenters. The third kappa shape index (κ3) is 3.64. The molecule has 0 aromatic heterocycles. The molecule has 0 amide bonds. The van der Waals surface area contributed by atoms with Crippen molar-refractivity contribution in [3.05, 3.63) is 34.4 Å². The SMILES string of the molecule is COC(=O)CCC(C)=CCc1c(OC)cc2c(c1O)C(=O)OC2. The Balaban J connectivity index is 2.21. The van der Waals surface area contributed by atoms with Crippen molar-refractivity contribution in [2.24, 2.45) is 0 Å². The third-order valence-corrected chi connectivity index (χ3v) is 3.84. The van der Waals surface area contributed by atoms with Crippen LogP contribution in [0.4, 0.5) is 0 Å². The first-order valence-electron chi connectivity index (χ1n) is 7.29. The fourth-order valence-electron chi connectivity index (χ4n) is 2.45. The van der Waals surface area contributed by atoms with Gasteiger partial charge < -0.3 is 19.3 Å². The van der Waals surface area contributed by atoms with Gasteiger partial charge in [0.2, 0.25) is 0 Å². The van der Waals surface area contributed by atoms with Gasteiger partial charge >= 0.3 is 11.9 Å². The Labute approximate surface area is 134 Å². The molecular formula is C17H20O6. The number of fused-ring (bicyclic) bond motifs is 1. The minimum Gasteiger partial charge on any atom is -0.507 e. The smallest absolute Gasteiger partial charge is 0.342 e. The number of rotatable bonds is 6. The second-order valence-electron chi connectivity index (χ2n) is 5.35. The normalized spacial score (nSPS) is 13.5. The molecule has 6 heteroatoms. The van der Waals surface area contributed by atoms with Gasteiger partial charge in [-0.2, -0.15) is 0 Å². The van der Waals surface area contributed by atoms with Gasteiger partial charge in [0.15, 0.2) is 0 Å². The molecule has 2 rings (SSSR count). The Hall–Kier alpha value is -2.50. The van der Waals surface area contributed by atoms with Crippen molar-refractivity contribution in [1.82, 2.24) is 0 Å². The number of allylic oxidation sites excluding steroid dienone is 2. The summed E-state index contributed by atoms with van der Waals surface area (Å²) in [6.45, 7) is 2.04. The Morgan fingerprint density at radius 3 is 2.78 bits per heavy atom. The van der Waals surface area contributed by atoms with Crippen molar-refractivity contribution in [1.29, 1.82) is 0 Å². The monoisotopic (exact) mass is 320 g/mol. The first kappa shape index (κ1) is 16.9. The molecule has 1 aromatic carbocycles. The lowest BCUT2D eigenvalue weighted by atomic mass is 9.99. The molecule has 0 bridgehead atoms. The summed E-state index contributed by atoms with van der Waals surface area (Å²) in [5.74, 6) is -0.373. The largest absolute Gasteiger partial charge is 0.507 e. The van der Waals surface area contributed by atoms with Crippen molar-refractivity contribution in [2.45, 2.75) is 32.8 Å². The van der Waals surface area contributed by atoms with Crippen molar-refractivity contribution in [3.8, 4) is 11.5 Å². The van der Waals surface area contributed by atoms with Crippen molar-refractivity contribution < 1.29 is 28.9 Å². The van der Waals surface area contributed by atoms with E-state index >= 15 is 0 Å². The van der Waals surface area contributed by atoms with Crippen LogP contribution >= 0.6 is 0 Å². The predicted octanol–water partition coefficient (Wildman–Crippen LogP) is 2.51. The molecule has 0 radical (unpaired) electrons. The van der Waals surface area contributed by atoms with Gasteiger partial charge in [0, 0.05) is 17.5 Å². The van der Waals surface area contributed by atoms with E-state index in [0.29, 0.717) is 36.1 Å².